The Morgan fingerprint density at radius 1 is 1.62 bits per heavy atom. The molecule has 0 aromatic carbocycles. The molecule has 48 valence electrons. The first kappa shape index (κ1) is 6.51. The molecule has 0 spiro atoms. The predicted molar refractivity (Wildman–Crippen MR) is 41.3 cm³/mol. The standard InChI is InChI=1S/C5H14OSi2/c1-5-4-8(2,3)6-7-5/h5H,4,7H2,1-3H3. The Hall–Kier alpha value is 0.394. The molecule has 0 bridgehead atoms. The van der Waals surface area contributed by atoms with Crippen molar-refractivity contribution in [1.82, 2.24) is 0 Å². The summed E-state index contributed by atoms with van der Waals surface area (Å²) < 4.78 is 5.73. The third-order valence-electron chi connectivity index (χ3n) is 1.60. The summed E-state index contributed by atoms with van der Waals surface area (Å²) in [5.41, 5.74) is 0.969. The lowest BCUT2D eigenvalue weighted by atomic mass is 10.6. The number of hydrogen-bond donors (Lipinski definition) is 0. The average Bonchev–Trinajstić information content (AvgIpc) is 1.82. The van der Waals surface area contributed by atoms with E-state index in [1.165, 1.54) is 6.04 Å². The van der Waals surface area contributed by atoms with E-state index < -0.39 is 8.32 Å². The van der Waals surface area contributed by atoms with Crippen LogP contribution in [0.15, 0.2) is 0 Å². The second-order valence-electron chi connectivity index (χ2n) is 3.38. The van der Waals surface area contributed by atoms with Crippen LogP contribution >= 0.6 is 0 Å². The first-order chi connectivity index (χ1) is 3.60. The van der Waals surface area contributed by atoms with Crippen LogP contribution in [0, 0.1) is 0 Å². The second kappa shape index (κ2) is 1.97. The quantitative estimate of drug-likeness (QED) is 0.465. The predicted octanol–water partition coefficient (Wildman–Crippen LogP) is 1.11. The van der Waals surface area contributed by atoms with Crippen molar-refractivity contribution in [2.24, 2.45) is 0 Å². The van der Waals surface area contributed by atoms with Crippen molar-refractivity contribution >= 4 is 18.1 Å². The highest BCUT2D eigenvalue weighted by Crippen LogP contribution is 2.28. The molecule has 0 aromatic rings. The van der Waals surface area contributed by atoms with Gasteiger partial charge < -0.3 is 4.12 Å². The van der Waals surface area contributed by atoms with Crippen LogP contribution in [0.5, 0.6) is 0 Å². The van der Waals surface area contributed by atoms with Crippen LogP contribution in [0.3, 0.4) is 0 Å². The Labute approximate surface area is 54.5 Å². The van der Waals surface area contributed by atoms with E-state index in [2.05, 4.69) is 20.0 Å². The molecule has 1 aliphatic heterocycles. The Morgan fingerprint density at radius 2 is 2.25 bits per heavy atom. The highest BCUT2D eigenvalue weighted by molar-refractivity contribution is 6.78. The van der Waals surface area contributed by atoms with Gasteiger partial charge in [0.15, 0.2) is 8.32 Å². The zero-order valence-corrected chi connectivity index (χ0v) is 8.31. The van der Waals surface area contributed by atoms with Crippen molar-refractivity contribution in [2.45, 2.75) is 31.6 Å². The molecule has 1 saturated heterocycles. The molecule has 0 amide bonds. The molecule has 1 atom stereocenters. The van der Waals surface area contributed by atoms with Crippen LogP contribution in [-0.4, -0.2) is 18.1 Å². The van der Waals surface area contributed by atoms with Gasteiger partial charge in [0.25, 0.3) is 0 Å². The summed E-state index contributed by atoms with van der Waals surface area (Å²) in [6.07, 6.45) is 0. The lowest BCUT2D eigenvalue weighted by molar-refractivity contribution is 0.615. The van der Waals surface area contributed by atoms with Crippen molar-refractivity contribution in [1.29, 1.82) is 0 Å². The number of hydrogen-bond acceptors (Lipinski definition) is 1. The monoisotopic (exact) mass is 146 g/mol. The normalized spacial score (nSPS) is 38.6. The van der Waals surface area contributed by atoms with Gasteiger partial charge in [0.2, 0.25) is 0 Å². The maximum Gasteiger partial charge on any atom is 0.173 e. The van der Waals surface area contributed by atoms with Gasteiger partial charge >= 0.3 is 0 Å². The Morgan fingerprint density at radius 3 is 2.38 bits per heavy atom. The highest BCUT2D eigenvalue weighted by Gasteiger charge is 2.31. The Kier molecular flexibility index (Phi) is 1.60. The number of rotatable bonds is 0. The fourth-order valence-corrected chi connectivity index (χ4v) is 8.97. The molecular formula is C5H14OSi2. The summed E-state index contributed by atoms with van der Waals surface area (Å²) >= 11 is 0. The van der Waals surface area contributed by atoms with Crippen molar-refractivity contribution in [3.63, 3.8) is 0 Å². The molecular weight excluding hydrogens is 132 g/mol. The molecule has 3 heteroatoms. The van der Waals surface area contributed by atoms with Gasteiger partial charge in [-0.05, 0) is 24.7 Å². The fourth-order valence-electron chi connectivity index (χ4n) is 1.32. The Balaban J connectivity index is 2.44. The zero-order valence-electron chi connectivity index (χ0n) is 5.90. The van der Waals surface area contributed by atoms with Gasteiger partial charge in [-0.3, -0.25) is 0 Å². The molecule has 0 aliphatic carbocycles. The second-order valence-corrected chi connectivity index (χ2v) is 10.2. The Bertz CT molecular complexity index is 92.4. The van der Waals surface area contributed by atoms with Gasteiger partial charge in [-0.15, -0.1) is 0 Å². The van der Waals surface area contributed by atoms with E-state index >= 15 is 0 Å². The maximum absolute atomic E-state index is 5.73. The molecule has 1 nitrogen and oxygen atoms in total. The van der Waals surface area contributed by atoms with Crippen LogP contribution in [0.1, 0.15) is 6.92 Å². The smallest absolute Gasteiger partial charge is 0.173 e. The summed E-state index contributed by atoms with van der Waals surface area (Å²) in [4.78, 5) is 0. The molecule has 1 rings (SSSR count). The first-order valence-electron chi connectivity index (χ1n) is 3.24. The van der Waals surface area contributed by atoms with E-state index in [9.17, 15) is 0 Å². The van der Waals surface area contributed by atoms with Gasteiger partial charge in [0.1, 0.15) is 9.76 Å². The molecule has 1 unspecified atom stereocenters. The highest BCUT2D eigenvalue weighted by atomic mass is 28.4. The fraction of sp³-hybridized carbons (Fsp3) is 1.00. The SMILES string of the molecule is CC1C[Si](C)(C)O[SiH2]1. The third kappa shape index (κ3) is 1.43. The summed E-state index contributed by atoms with van der Waals surface area (Å²) in [5.74, 6) is 0. The van der Waals surface area contributed by atoms with Crippen LogP contribution in [0.2, 0.25) is 24.7 Å². The molecule has 1 heterocycles. The van der Waals surface area contributed by atoms with E-state index in [1.54, 1.807) is 0 Å². The summed E-state index contributed by atoms with van der Waals surface area (Å²) in [7, 11) is -1.12. The molecule has 1 aliphatic rings. The minimum atomic E-state index is -1.04. The van der Waals surface area contributed by atoms with E-state index in [-0.39, 0.29) is 9.76 Å². The van der Waals surface area contributed by atoms with E-state index in [0.29, 0.717) is 0 Å². The van der Waals surface area contributed by atoms with E-state index in [0.717, 1.165) is 5.54 Å². The van der Waals surface area contributed by atoms with Crippen molar-refractivity contribution in [2.75, 3.05) is 0 Å². The van der Waals surface area contributed by atoms with Crippen LogP contribution in [0.4, 0.5) is 0 Å². The minimum absolute atomic E-state index is 0.0748. The summed E-state index contributed by atoms with van der Waals surface area (Å²) in [6.45, 7) is 6.97. The molecule has 0 aromatic heterocycles. The van der Waals surface area contributed by atoms with Gasteiger partial charge in [-0.1, -0.05) is 6.92 Å². The maximum atomic E-state index is 5.73. The van der Waals surface area contributed by atoms with E-state index in [4.69, 9.17) is 4.12 Å². The molecule has 1 fully saturated rings. The largest absolute Gasteiger partial charge is 0.460 e. The summed E-state index contributed by atoms with van der Waals surface area (Å²) in [6, 6.07) is 1.42. The van der Waals surface area contributed by atoms with E-state index in [1.807, 2.05) is 0 Å². The van der Waals surface area contributed by atoms with Gasteiger partial charge in [-0.25, -0.2) is 0 Å². The molecule has 0 saturated carbocycles. The van der Waals surface area contributed by atoms with Crippen molar-refractivity contribution < 1.29 is 4.12 Å². The lowest BCUT2D eigenvalue weighted by Gasteiger charge is -2.12. The van der Waals surface area contributed by atoms with Crippen molar-refractivity contribution in [3.05, 3.63) is 0 Å². The minimum Gasteiger partial charge on any atom is -0.460 e. The topological polar surface area (TPSA) is 9.23 Å². The van der Waals surface area contributed by atoms with Gasteiger partial charge in [0, 0.05) is 0 Å². The summed E-state index contributed by atoms with van der Waals surface area (Å²) in [5, 5.41) is 0. The van der Waals surface area contributed by atoms with Crippen LogP contribution < -0.4 is 0 Å². The average molecular weight is 146 g/mol. The molecule has 0 N–H and O–H groups in total. The van der Waals surface area contributed by atoms with Crippen LogP contribution in [0.25, 0.3) is 0 Å². The zero-order chi connectivity index (χ0) is 6.20. The third-order valence-corrected chi connectivity index (χ3v) is 8.51. The van der Waals surface area contributed by atoms with Gasteiger partial charge in [0.05, 0.1) is 0 Å². The lowest BCUT2D eigenvalue weighted by Crippen LogP contribution is -2.23. The molecule has 0 radical (unpaired) electrons. The van der Waals surface area contributed by atoms with Crippen molar-refractivity contribution in [3.8, 4) is 0 Å². The van der Waals surface area contributed by atoms with Crippen LogP contribution in [-0.2, 0) is 4.12 Å². The van der Waals surface area contributed by atoms with Gasteiger partial charge in [-0.2, -0.15) is 0 Å². The first-order valence-corrected chi connectivity index (χ1v) is 7.75. The molecule has 8 heavy (non-hydrogen) atoms.